The summed E-state index contributed by atoms with van der Waals surface area (Å²) in [5.41, 5.74) is 1.23. The standard InChI is InChI=1S/C25H31N3O5S/c1-3-20-6-4-5-15-28(20)34(31,32)23-13-7-19(8-14-23)26-25(30)18-16-24(29)27(17-18)21-9-11-22(33-2)12-10-21/h7-14,18,20H,3-6,15-17H2,1-2H3,(H,26,30)/t18-,20+/m0/s1. The average Bonchev–Trinajstić information content (AvgIpc) is 3.26. The van der Waals surface area contributed by atoms with Crippen LogP contribution in [0.25, 0.3) is 0 Å². The van der Waals surface area contributed by atoms with Crippen LogP contribution >= 0.6 is 0 Å². The zero-order valence-corrected chi connectivity index (χ0v) is 20.4. The van der Waals surface area contributed by atoms with Gasteiger partial charge in [-0.25, -0.2) is 8.42 Å². The van der Waals surface area contributed by atoms with Crippen LogP contribution in [-0.2, 0) is 19.6 Å². The number of sulfonamides is 1. The summed E-state index contributed by atoms with van der Waals surface area (Å²) in [4.78, 5) is 27.1. The van der Waals surface area contributed by atoms with Crippen molar-refractivity contribution in [2.24, 2.45) is 5.92 Å². The quantitative estimate of drug-likeness (QED) is 0.646. The second kappa shape index (κ2) is 10.1. The largest absolute Gasteiger partial charge is 0.497 e. The van der Waals surface area contributed by atoms with E-state index in [1.54, 1.807) is 52.7 Å². The molecule has 2 aliphatic heterocycles. The first-order valence-corrected chi connectivity index (χ1v) is 13.1. The maximum Gasteiger partial charge on any atom is 0.243 e. The maximum absolute atomic E-state index is 13.1. The van der Waals surface area contributed by atoms with Crippen LogP contribution in [-0.4, -0.2) is 50.8 Å². The van der Waals surface area contributed by atoms with Gasteiger partial charge in [0.1, 0.15) is 5.75 Å². The van der Waals surface area contributed by atoms with Crippen molar-refractivity contribution >= 4 is 33.2 Å². The zero-order valence-electron chi connectivity index (χ0n) is 19.6. The van der Waals surface area contributed by atoms with E-state index in [-0.39, 0.29) is 35.7 Å². The monoisotopic (exact) mass is 485 g/mol. The molecule has 0 bridgehead atoms. The molecule has 2 saturated heterocycles. The summed E-state index contributed by atoms with van der Waals surface area (Å²) in [6.07, 6.45) is 3.73. The van der Waals surface area contributed by atoms with E-state index in [1.165, 1.54) is 12.1 Å². The van der Waals surface area contributed by atoms with Gasteiger partial charge in [0.15, 0.2) is 0 Å². The minimum Gasteiger partial charge on any atom is -0.497 e. The molecule has 2 fully saturated rings. The number of hydrogen-bond acceptors (Lipinski definition) is 5. The summed E-state index contributed by atoms with van der Waals surface area (Å²) in [5.74, 6) is -0.168. The predicted molar refractivity (Wildman–Crippen MR) is 130 cm³/mol. The smallest absolute Gasteiger partial charge is 0.243 e. The first kappa shape index (κ1) is 24.2. The lowest BCUT2D eigenvalue weighted by molar-refractivity contribution is -0.122. The van der Waals surface area contributed by atoms with Crippen molar-refractivity contribution in [2.75, 3.05) is 30.4 Å². The highest BCUT2D eigenvalue weighted by Crippen LogP contribution is 2.29. The Morgan fingerprint density at radius 1 is 1.09 bits per heavy atom. The Kier molecular flexibility index (Phi) is 7.23. The third kappa shape index (κ3) is 4.95. The molecule has 0 spiro atoms. The van der Waals surface area contributed by atoms with Gasteiger partial charge < -0.3 is 15.0 Å². The minimum atomic E-state index is -3.57. The van der Waals surface area contributed by atoms with E-state index >= 15 is 0 Å². The fraction of sp³-hybridized carbons (Fsp3) is 0.440. The normalized spacial score (nSPS) is 21.5. The Balaban J connectivity index is 1.40. The van der Waals surface area contributed by atoms with Gasteiger partial charge in [-0.05, 0) is 67.8 Å². The number of piperidine rings is 1. The molecule has 182 valence electrons. The number of rotatable bonds is 7. The SMILES string of the molecule is CC[C@@H]1CCCCN1S(=O)(=O)c1ccc(NC(=O)[C@H]2CC(=O)N(c3ccc(OC)cc3)C2)cc1. The lowest BCUT2D eigenvalue weighted by atomic mass is 10.0. The highest BCUT2D eigenvalue weighted by atomic mass is 32.2. The molecule has 2 aromatic carbocycles. The van der Waals surface area contributed by atoms with Crippen LogP contribution in [0.3, 0.4) is 0 Å². The lowest BCUT2D eigenvalue weighted by Crippen LogP contribution is -2.43. The molecule has 8 nitrogen and oxygen atoms in total. The average molecular weight is 486 g/mol. The van der Waals surface area contributed by atoms with E-state index in [1.807, 2.05) is 6.92 Å². The van der Waals surface area contributed by atoms with Crippen LogP contribution < -0.4 is 15.0 Å². The van der Waals surface area contributed by atoms with Crippen molar-refractivity contribution in [1.82, 2.24) is 4.31 Å². The molecule has 1 N–H and O–H groups in total. The number of nitrogens with zero attached hydrogens (tertiary/aromatic N) is 2. The van der Waals surface area contributed by atoms with Crippen LogP contribution in [0.15, 0.2) is 53.4 Å². The number of carbonyl (C=O) groups excluding carboxylic acids is 2. The number of amides is 2. The van der Waals surface area contributed by atoms with E-state index in [0.717, 1.165) is 31.4 Å². The second-order valence-electron chi connectivity index (χ2n) is 8.79. The third-order valence-electron chi connectivity index (χ3n) is 6.65. The molecule has 34 heavy (non-hydrogen) atoms. The number of anilines is 2. The Labute approximate surface area is 200 Å². The van der Waals surface area contributed by atoms with E-state index < -0.39 is 15.9 Å². The number of benzene rings is 2. The molecule has 0 aromatic heterocycles. The van der Waals surface area contributed by atoms with Crippen LogP contribution in [0.5, 0.6) is 5.75 Å². The van der Waals surface area contributed by atoms with Gasteiger partial charge in [0, 0.05) is 36.9 Å². The van der Waals surface area contributed by atoms with Gasteiger partial charge in [-0.3, -0.25) is 9.59 Å². The third-order valence-corrected chi connectivity index (χ3v) is 8.62. The summed E-state index contributed by atoms with van der Waals surface area (Å²) >= 11 is 0. The molecule has 2 heterocycles. The van der Waals surface area contributed by atoms with E-state index in [0.29, 0.717) is 18.0 Å². The summed E-state index contributed by atoms with van der Waals surface area (Å²) in [6.45, 7) is 2.84. The highest BCUT2D eigenvalue weighted by molar-refractivity contribution is 7.89. The predicted octanol–water partition coefficient (Wildman–Crippen LogP) is 3.64. The summed E-state index contributed by atoms with van der Waals surface area (Å²) in [6, 6.07) is 13.5. The molecule has 0 saturated carbocycles. The Hall–Kier alpha value is -2.91. The van der Waals surface area contributed by atoms with Gasteiger partial charge in [-0.2, -0.15) is 4.31 Å². The Morgan fingerprint density at radius 3 is 2.44 bits per heavy atom. The molecule has 9 heteroatoms. The van der Waals surface area contributed by atoms with E-state index in [9.17, 15) is 18.0 Å². The molecular formula is C25H31N3O5S. The molecule has 2 aromatic rings. The second-order valence-corrected chi connectivity index (χ2v) is 10.7. The number of ether oxygens (including phenoxy) is 1. The van der Waals surface area contributed by atoms with Gasteiger partial charge in [0.05, 0.1) is 17.9 Å². The van der Waals surface area contributed by atoms with E-state index in [2.05, 4.69) is 5.32 Å². The number of nitrogens with one attached hydrogen (secondary N) is 1. The zero-order chi connectivity index (χ0) is 24.3. The Morgan fingerprint density at radius 2 is 1.79 bits per heavy atom. The van der Waals surface area contributed by atoms with Crippen molar-refractivity contribution in [3.63, 3.8) is 0 Å². The highest BCUT2D eigenvalue weighted by Gasteiger charge is 2.35. The van der Waals surface area contributed by atoms with Gasteiger partial charge in [0.2, 0.25) is 21.8 Å². The number of hydrogen-bond donors (Lipinski definition) is 1. The first-order valence-electron chi connectivity index (χ1n) is 11.7. The fourth-order valence-electron chi connectivity index (χ4n) is 4.68. The molecule has 2 amide bonds. The van der Waals surface area contributed by atoms with Crippen LogP contribution in [0.1, 0.15) is 39.0 Å². The molecule has 0 aliphatic carbocycles. The summed E-state index contributed by atoms with van der Waals surface area (Å²) in [7, 11) is -2.00. The van der Waals surface area contributed by atoms with Crippen LogP contribution in [0.4, 0.5) is 11.4 Å². The first-order chi connectivity index (χ1) is 16.3. The molecular weight excluding hydrogens is 454 g/mol. The number of methoxy groups -OCH3 is 1. The lowest BCUT2D eigenvalue weighted by Gasteiger charge is -2.34. The Bertz CT molecular complexity index is 1130. The van der Waals surface area contributed by atoms with Crippen LogP contribution in [0, 0.1) is 5.92 Å². The summed E-state index contributed by atoms with van der Waals surface area (Å²) in [5, 5.41) is 2.83. The van der Waals surface area contributed by atoms with E-state index in [4.69, 9.17) is 4.74 Å². The van der Waals surface area contributed by atoms with Gasteiger partial charge in [-0.1, -0.05) is 13.3 Å². The van der Waals surface area contributed by atoms with Crippen molar-refractivity contribution in [1.29, 1.82) is 0 Å². The van der Waals surface area contributed by atoms with Gasteiger partial charge >= 0.3 is 0 Å². The molecule has 0 radical (unpaired) electrons. The van der Waals surface area contributed by atoms with Crippen molar-refractivity contribution in [3.05, 3.63) is 48.5 Å². The van der Waals surface area contributed by atoms with Gasteiger partial charge in [-0.15, -0.1) is 0 Å². The van der Waals surface area contributed by atoms with Crippen LogP contribution in [0.2, 0.25) is 0 Å². The minimum absolute atomic E-state index is 0.0340. The van der Waals surface area contributed by atoms with Gasteiger partial charge in [0.25, 0.3) is 0 Å². The van der Waals surface area contributed by atoms with Crippen molar-refractivity contribution in [3.8, 4) is 5.75 Å². The van der Waals surface area contributed by atoms with Crippen molar-refractivity contribution in [2.45, 2.75) is 50.0 Å². The molecule has 2 atom stereocenters. The molecule has 4 rings (SSSR count). The van der Waals surface area contributed by atoms with Crippen molar-refractivity contribution < 1.29 is 22.7 Å². The molecule has 0 unspecified atom stereocenters. The topological polar surface area (TPSA) is 96.0 Å². The number of carbonyl (C=O) groups is 2. The molecule has 2 aliphatic rings. The maximum atomic E-state index is 13.1. The summed E-state index contributed by atoms with van der Waals surface area (Å²) < 4.78 is 33.0. The fourth-order valence-corrected chi connectivity index (χ4v) is 6.45.